The van der Waals surface area contributed by atoms with Crippen LogP contribution in [0.4, 0.5) is 10.1 Å². The molecule has 2 aromatic rings. The summed E-state index contributed by atoms with van der Waals surface area (Å²) >= 11 is 0. The van der Waals surface area contributed by atoms with E-state index >= 15 is 0 Å². The minimum Gasteiger partial charge on any atom is -0.507 e. The Balaban J connectivity index is 2.28. The summed E-state index contributed by atoms with van der Waals surface area (Å²) in [5.74, 6) is -1.06. The Morgan fingerprint density at radius 1 is 1.33 bits per heavy atom. The van der Waals surface area contributed by atoms with Crippen LogP contribution in [0.1, 0.15) is 15.9 Å². The number of anilines is 1. The fourth-order valence-corrected chi connectivity index (χ4v) is 1.71. The van der Waals surface area contributed by atoms with Crippen molar-refractivity contribution in [2.24, 2.45) is 0 Å². The number of methoxy groups -OCH3 is 1. The van der Waals surface area contributed by atoms with Crippen LogP contribution in [-0.4, -0.2) is 18.1 Å². The Bertz CT molecular complexity index is 738. The molecule has 0 saturated heterocycles. The zero-order chi connectivity index (χ0) is 15.4. The van der Waals surface area contributed by atoms with Gasteiger partial charge in [-0.05, 0) is 36.4 Å². The lowest BCUT2D eigenvalue weighted by molar-refractivity contribution is 0.102. The lowest BCUT2D eigenvalue weighted by atomic mass is 10.1. The van der Waals surface area contributed by atoms with Gasteiger partial charge in [0.2, 0.25) is 0 Å². The molecule has 0 radical (unpaired) electrons. The van der Waals surface area contributed by atoms with Crippen LogP contribution < -0.4 is 10.1 Å². The highest BCUT2D eigenvalue weighted by Crippen LogP contribution is 2.24. The number of benzene rings is 2. The van der Waals surface area contributed by atoms with Crippen LogP contribution >= 0.6 is 0 Å². The van der Waals surface area contributed by atoms with Crippen molar-refractivity contribution in [3.05, 3.63) is 53.3 Å². The summed E-state index contributed by atoms with van der Waals surface area (Å²) < 4.78 is 18.2. The molecule has 106 valence electrons. The van der Waals surface area contributed by atoms with Gasteiger partial charge in [0.25, 0.3) is 5.91 Å². The van der Waals surface area contributed by atoms with Gasteiger partial charge in [0.05, 0.1) is 18.2 Å². The van der Waals surface area contributed by atoms with Crippen molar-refractivity contribution in [3.63, 3.8) is 0 Å². The summed E-state index contributed by atoms with van der Waals surface area (Å²) in [6.07, 6.45) is 0. The highest BCUT2D eigenvalue weighted by molar-refractivity contribution is 6.06. The zero-order valence-corrected chi connectivity index (χ0v) is 11.1. The number of carbonyl (C=O) groups is 1. The van der Waals surface area contributed by atoms with Crippen molar-refractivity contribution in [1.82, 2.24) is 0 Å². The molecule has 0 aliphatic carbocycles. The predicted octanol–water partition coefficient (Wildman–Crippen LogP) is 2.66. The number of nitrogens with one attached hydrogen (secondary N) is 1. The molecular weight excluding hydrogens is 275 g/mol. The van der Waals surface area contributed by atoms with Gasteiger partial charge in [-0.2, -0.15) is 5.26 Å². The van der Waals surface area contributed by atoms with E-state index in [1.807, 2.05) is 0 Å². The van der Waals surface area contributed by atoms with Gasteiger partial charge in [-0.25, -0.2) is 4.39 Å². The minimum absolute atomic E-state index is 0.0113. The van der Waals surface area contributed by atoms with Gasteiger partial charge in [-0.15, -0.1) is 0 Å². The Kier molecular flexibility index (Phi) is 4.05. The van der Waals surface area contributed by atoms with E-state index in [9.17, 15) is 14.3 Å². The van der Waals surface area contributed by atoms with E-state index < -0.39 is 11.7 Å². The summed E-state index contributed by atoms with van der Waals surface area (Å²) in [6.45, 7) is 0. The molecule has 0 heterocycles. The summed E-state index contributed by atoms with van der Waals surface area (Å²) in [5, 5.41) is 20.9. The smallest absolute Gasteiger partial charge is 0.259 e. The third kappa shape index (κ3) is 3.09. The molecule has 0 spiro atoms. The van der Waals surface area contributed by atoms with Crippen molar-refractivity contribution >= 4 is 11.6 Å². The average Bonchev–Trinajstić information content (AvgIpc) is 2.49. The second-order valence-corrected chi connectivity index (χ2v) is 4.14. The van der Waals surface area contributed by atoms with E-state index in [2.05, 4.69) is 5.32 Å². The number of phenolic OH excluding ortho intramolecular Hbond substituents is 1. The highest BCUT2D eigenvalue weighted by Gasteiger charge is 2.13. The molecule has 0 fully saturated rings. The van der Waals surface area contributed by atoms with Gasteiger partial charge in [0.15, 0.2) is 0 Å². The van der Waals surface area contributed by atoms with Crippen LogP contribution in [0, 0.1) is 17.1 Å². The van der Waals surface area contributed by atoms with Crippen molar-refractivity contribution in [1.29, 1.82) is 5.26 Å². The second kappa shape index (κ2) is 5.92. The maximum atomic E-state index is 13.2. The third-order valence-corrected chi connectivity index (χ3v) is 2.79. The molecule has 5 nitrogen and oxygen atoms in total. The highest BCUT2D eigenvalue weighted by atomic mass is 19.1. The quantitative estimate of drug-likeness (QED) is 0.908. The molecular formula is C15H11FN2O3. The number of rotatable bonds is 3. The van der Waals surface area contributed by atoms with Crippen molar-refractivity contribution in [2.75, 3.05) is 12.4 Å². The van der Waals surface area contributed by atoms with Crippen molar-refractivity contribution < 1.29 is 19.0 Å². The minimum atomic E-state index is -0.667. The Hall–Kier alpha value is -3.07. The van der Waals surface area contributed by atoms with Gasteiger partial charge >= 0.3 is 0 Å². The van der Waals surface area contributed by atoms with E-state index in [0.29, 0.717) is 5.75 Å². The molecule has 0 saturated carbocycles. The number of carbonyl (C=O) groups excluding carboxylic acids is 1. The van der Waals surface area contributed by atoms with E-state index in [1.165, 1.54) is 37.4 Å². The number of hydrogen-bond acceptors (Lipinski definition) is 4. The number of phenols is 1. The fraction of sp³-hybridized carbons (Fsp3) is 0.0667. The van der Waals surface area contributed by atoms with Gasteiger partial charge in [0.1, 0.15) is 23.4 Å². The molecule has 2 aromatic carbocycles. The number of ether oxygens (including phenoxy) is 1. The molecule has 6 heteroatoms. The first-order chi connectivity index (χ1) is 10.0. The van der Waals surface area contributed by atoms with Gasteiger partial charge in [-0.1, -0.05) is 0 Å². The molecule has 0 atom stereocenters. The normalized spacial score (nSPS) is 9.76. The standard InChI is InChI=1S/C15H11FN2O3/c1-21-11-3-5-14(19)12(7-11)15(20)18-10-2-4-13(16)9(6-10)8-17/h2-7,19H,1H3,(H,18,20). The van der Waals surface area contributed by atoms with Crippen LogP contribution in [0.2, 0.25) is 0 Å². The van der Waals surface area contributed by atoms with Crippen LogP contribution in [0.25, 0.3) is 0 Å². The summed E-state index contributed by atoms with van der Waals surface area (Å²) in [7, 11) is 1.44. The number of hydrogen-bond donors (Lipinski definition) is 2. The monoisotopic (exact) mass is 286 g/mol. The average molecular weight is 286 g/mol. The van der Waals surface area contributed by atoms with Crippen LogP contribution in [0.5, 0.6) is 11.5 Å². The first kappa shape index (κ1) is 14.3. The van der Waals surface area contributed by atoms with Crippen LogP contribution in [0.15, 0.2) is 36.4 Å². The Morgan fingerprint density at radius 3 is 2.76 bits per heavy atom. The van der Waals surface area contributed by atoms with Crippen LogP contribution in [-0.2, 0) is 0 Å². The third-order valence-electron chi connectivity index (χ3n) is 2.79. The summed E-state index contributed by atoms with van der Waals surface area (Å²) in [5.41, 5.74) is 0.0833. The van der Waals surface area contributed by atoms with E-state index in [4.69, 9.17) is 10.00 Å². The van der Waals surface area contributed by atoms with E-state index in [-0.39, 0.29) is 22.6 Å². The molecule has 2 N–H and O–H groups in total. The number of halogens is 1. The first-order valence-corrected chi connectivity index (χ1v) is 5.93. The second-order valence-electron chi connectivity index (χ2n) is 4.14. The molecule has 0 unspecified atom stereocenters. The van der Waals surface area contributed by atoms with E-state index in [1.54, 1.807) is 6.07 Å². The number of nitrogens with zero attached hydrogens (tertiary/aromatic N) is 1. The van der Waals surface area contributed by atoms with Crippen LogP contribution in [0.3, 0.4) is 0 Å². The zero-order valence-electron chi connectivity index (χ0n) is 11.1. The maximum absolute atomic E-state index is 13.2. The number of amides is 1. The van der Waals surface area contributed by atoms with E-state index in [0.717, 1.165) is 6.07 Å². The molecule has 2 rings (SSSR count). The summed E-state index contributed by atoms with van der Waals surface area (Å²) in [6, 6.07) is 9.52. The first-order valence-electron chi connectivity index (χ1n) is 5.93. The molecule has 0 aromatic heterocycles. The number of nitriles is 1. The topological polar surface area (TPSA) is 82.3 Å². The van der Waals surface area contributed by atoms with Gasteiger partial charge < -0.3 is 15.2 Å². The van der Waals surface area contributed by atoms with Crippen molar-refractivity contribution in [3.8, 4) is 17.6 Å². The molecule has 21 heavy (non-hydrogen) atoms. The van der Waals surface area contributed by atoms with Gasteiger partial charge in [-0.3, -0.25) is 4.79 Å². The number of aromatic hydroxyl groups is 1. The predicted molar refractivity (Wildman–Crippen MR) is 73.7 cm³/mol. The molecule has 1 amide bonds. The maximum Gasteiger partial charge on any atom is 0.259 e. The molecule has 0 aliphatic heterocycles. The molecule has 0 aliphatic rings. The Morgan fingerprint density at radius 2 is 2.10 bits per heavy atom. The largest absolute Gasteiger partial charge is 0.507 e. The lowest BCUT2D eigenvalue weighted by Gasteiger charge is -2.09. The fourth-order valence-electron chi connectivity index (χ4n) is 1.71. The SMILES string of the molecule is COc1ccc(O)c(C(=O)Nc2ccc(F)c(C#N)c2)c1. The van der Waals surface area contributed by atoms with Crippen molar-refractivity contribution in [2.45, 2.75) is 0 Å². The summed E-state index contributed by atoms with van der Waals surface area (Å²) in [4.78, 5) is 12.1. The Labute approximate surface area is 120 Å². The lowest BCUT2D eigenvalue weighted by Crippen LogP contribution is -2.12. The van der Waals surface area contributed by atoms with Gasteiger partial charge in [0, 0.05) is 5.69 Å². The molecule has 0 bridgehead atoms.